The maximum atomic E-state index is 12.8. The lowest BCUT2D eigenvalue weighted by atomic mass is 10.1. The van der Waals surface area contributed by atoms with Crippen LogP contribution in [0.2, 0.25) is 0 Å². The summed E-state index contributed by atoms with van der Waals surface area (Å²) in [4.78, 5) is 11.8. The van der Waals surface area contributed by atoms with Crippen LogP contribution in [-0.2, 0) is 19.5 Å². The molecular weight excluding hydrogens is 331 g/mol. The third-order valence-corrected chi connectivity index (χ3v) is 3.99. The van der Waals surface area contributed by atoms with Gasteiger partial charge in [-0.25, -0.2) is 9.18 Å². The number of nitrogens with zero attached hydrogens (tertiary/aromatic N) is 2. The van der Waals surface area contributed by atoms with E-state index in [1.807, 2.05) is 41.2 Å². The van der Waals surface area contributed by atoms with E-state index in [0.717, 1.165) is 23.2 Å². The molecule has 0 fully saturated rings. The van der Waals surface area contributed by atoms with Crippen molar-refractivity contribution in [2.45, 2.75) is 19.5 Å². The number of benzene rings is 2. The van der Waals surface area contributed by atoms with Crippen molar-refractivity contribution in [3.05, 3.63) is 89.5 Å². The van der Waals surface area contributed by atoms with E-state index in [1.165, 1.54) is 12.1 Å². The summed E-state index contributed by atoms with van der Waals surface area (Å²) in [5, 5.41) is 9.81. The number of amides is 2. The van der Waals surface area contributed by atoms with Crippen molar-refractivity contribution < 1.29 is 9.18 Å². The van der Waals surface area contributed by atoms with Gasteiger partial charge in [0.05, 0.1) is 6.54 Å². The Morgan fingerprint density at radius 2 is 1.65 bits per heavy atom. The topological polar surface area (TPSA) is 59.0 Å². The fourth-order valence-corrected chi connectivity index (χ4v) is 2.56. The Hall–Kier alpha value is -3.15. The Kier molecular flexibility index (Phi) is 5.98. The highest BCUT2D eigenvalue weighted by atomic mass is 19.1. The highest BCUT2D eigenvalue weighted by molar-refractivity contribution is 5.73. The molecule has 2 aromatic carbocycles. The van der Waals surface area contributed by atoms with E-state index >= 15 is 0 Å². The number of halogens is 1. The first-order valence-electron chi connectivity index (χ1n) is 8.50. The van der Waals surface area contributed by atoms with Crippen LogP contribution in [0.4, 0.5) is 9.18 Å². The average Bonchev–Trinajstić information content (AvgIpc) is 3.16. The summed E-state index contributed by atoms with van der Waals surface area (Å²) in [5.41, 5.74) is 3.17. The third kappa shape index (κ3) is 5.44. The van der Waals surface area contributed by atoms with Gasteiger partial charge in [0.2, 0.25) is 0 Å². The molecule has 0 bridgehead atoms. The molecule has 6 heteroatoms. The Balaban J connectivity index is 1.37. The van der Waals surface area contributed by atoms with Gasteiger partial charge in [-0.1, -0.05) is 36.4 Å². The van der Waals surface area contributed by atoms with E-state index in [2.05, 4.69) is 15.7 Å². The van der Waals surface area contributed by atoms with Crippen LogP contribution in [0.1, 0.15) is 16.7 Å². The van der Waals surface area contributed by atoms with Crippen LogP contribution in [0.25, 0.3) is 0 Å². The largest absolute Gasteiger partial charge is 0.338 e. The van der Waals surface area contributed by atoms with Gasteiger partial charge < -0.3 is 10.6 Å². The summed E-state index contributed by atoms with van der Waals surface area (Å²) < 4.78 is 14.7. The molecule has 0 aliphatic rings. The Morgan fingerprint density at radius 3 is 2.35 bits per heavy atom. The standard InChI is InChI=1S/C20H21FN4O/c21-19-8-6-16(7-9-19)10-12-22-20(26)23-14-17-2-4-18(5-3-17)15-25-13-1-11-24-25/h1-9,11,13H,10,12,14-15H2,(H2,22,23,26). The van der Waals surface area contributed by atoms with Gasteiger partial charge >= 0.3 is 6.03 Å². The molecule has 2 amide bonds. The van der Waals surface area contributed by atoms with Crippen molar-refractivity contribution in [3.63, 3.8) is 0 Å². The molecule has 1 heterocycles. The Bertz CT molecular complexity index is 814. The van der Waals surface area contributed by atoms with E-state index in [9.17, 15) is 9.18 Å². The van der Waals surface area contributed by atoms with Crippen molar-refractivity contribution in [2.75, 3.05) is 6.54 Å². The summed E-state index contributed by atoms with van der Waals surface area (Å²) in [6.45, 7) is 1.69. The van der Waals surface area contributed by atoms with Crippen molar-refractivity contribution in [1.29, 1.82) is 0 Å². The van der Waals surface area contributed by atoms with Crippen LogP contribution < -0.4 is 10.6 Å². The fourth-order valence-electron chi connectivity index (χ4n) is 2.56. The van der Waals surface area contributed by atoms with Crippen molar-refractivity contribution in [2.24, 2.45) is 0 Å². The van der Waals surface area contributed by atoms with Crippen molar-refractivity contribution in [1.82, 2.24) is 20.4 Å². The van der Waals surface area contributed by atoms with Crippen LogP contribution in [0.5, 0.6) is 0 Å². The molecule has 0 aliphatic heterocycles. The number of urea groups is 1. The highest BCUT2D eigenvalue weighted by Crippen LogP contribution is 2.06. The van der Waals surface area contributed by atoms with E-state index in [4.69, 9.17) is 0 Å². The number of carbonyl (C=O) groups excluding carboxylic acids is 1. The van der Waals surface area contributed by atoms with Crippen LogP contribution >= 0.6 is 0 Å². The molecule has 0 saturated heterocycles. The summed E-state index contributed by atoms with van der Waals surface area (Å²) >= 11 is 0. The lowest BCUT2D eigenvalue weighted by Crippen LogP contribution is -2.36. The van der Waals surface area contributed by atoms with Gasteiger partial charge in [0.25, 0.3) is 0 Å². The van der Waals surface area contributed by atoms with Crippen molar-refractivity contribution >= 4 is 6.03 Å². The molecule has 0 unspecified atom stereocenters. The monoisotopic (exact) mass is 352 g/mol. The molecule has 26 heavy (non-hydrogen) atoms. The molecule has 0 saturated carbocycles. The minimum absolute atomic E-state index is 0.215. The number of hydrogen-bond donors (Lipinski definition) is 2. The minimum Gasteiger partial charge on any atom is -0.338 e. The molecule has 0 spiro atoms. The molecule has 0 radical (unpaired) electrons. The fraction of sp³-hybridized carbons (Fsp3) is 0.200. The molecule has 2 N–H and O–H groups in total. The van der Waals surface area contributed by atoms with Crippen LogP contribution in [-0.4, -0.2) is 22.4 Å². The SMILES string of the molecule is O=C(NCCc1ccc(F)cc1)NCc1ccc(Cn2cccn2)cc1. The van der Waals surface area contributed by atoms with Crippen molar-refractivity contribution in [3.8, 4) is 0 Å². The quantitative estimate of drug-likeness (QED) is 0.686. The van der Waals surface area contributed by atoms with Gasteiger partial charge in [-0.15, -0.1) is 0 Å². The molecule has 0 aliphatic carbocycles. The van der Waals surface area contributed by atoms with Gasteiger partial charge in [0, 0.05) is 25.5 Å². The van der Waals surface area contributed by atoms with Crippen LogP contribution in [0.3, 0.4) is 0 Å². The zero-order valence-corrected chi connectivity index (χ0v) is 14.4. The van der Waals surface area contributed by atoms with Gasteiger partial charge in [-0.2, -0.15) is 5.10 Å². The molecule has 3 aromatic rings. The first kappa shape index (κ1) is 17.7. The predicted octanol–water partition coefficient (Wildman–Crippen LogP) is 3.11. The van der Waals surface area contributed by atoms with Gasteiger partial charge in [-0.3, -0.25) is 4.68 Å². The molecule has 1 aromatic heterocycles. The summed E-state index contributed by atoms with van der Waals surface area (Å²) in [6, 6.07) is 16.0. The van der Waals surface area contributed by atoms with E-state index in [1.54, 1.807) is 18.3 Å². The molecule has 3 rings (SSSR count). The zero-order valence-electron chi connectivity index (χ0n) is 14.4. The first-order chi connectivity index (χ1) is 12.7. The van der Waals surface area contributed by atoms with Gasteiger partial charge in [0.1, 0.15) is 5.82 Å². The zero-order chi connectivity index (χ0) is 18.2. The lowest BCUT2D eigenvalue weighted by molar-refractivity contribution is 0.240. The van der Waals surface area contributed by atoms with Gasteiger partial charge in [0.15, 0.2) is 0 Å². The van der Waals surface area contributed by atoms with Crippen LogP contribution in [0, 0.1) is 5.82 Å². The third-order valence-electron chi connectivity index (χ3n) is 3.99. The second-order valence-electron chi connectivity index (χ2n) is 6.01. The summed E-state index contributed by atoms with van der Waals surface area (Å²) in [5.74, 6) is -0.255. The normalized spacial score (nSPS) is 10.5. The predicted molar refractivity (Wildman–Crippen MR) is 98.1 cm³/mol. The number of rotatable bonds is 7. The van der Waals surface area contributed by atoms with Gasteiger partial charge in [-0.05, 0) is 41.3 Å². The number of aromatic nitrogens is 2. The maximum Gasteiger partial charge on any atom is 0.315 e. The molecule has 5 nitrogen and oxygen atoms in total. The second kappa shape index (κ2) is 8.80. The van der Waals surface area contributed by atoms with E-state index in [0.29, 0.717) is 19.5 Å². The summed E-state index contributed by atoms with van der Waals surface area (Å²) in [6.07, 6.45) is 4.34. The molecule has 0 atom stereocenters. The number of nitrogens with one attached hydrogen (secondary N) is 2. The first-order valence-corrected chi connectivity index (χ1v) is 8.50. The lowest BCUT2D eigenvalue weighted by Gasteiger charge is -2.09. The smallest absolute Gasteiger partial charge is 0.315 e. The molecular formula is C20H21FN4O. The van der Waals surface area contributed by atoms with E-state index < -0.39 is 0 Å². The number of hydrogen-bond acceptors (Lipinski definition) is 2. The van der Waals surface area contributed by atoms with Crippen LogP contribution in [0.15, 0.2) is 67.0 Å². The minimum atomic E-state index is -0.255. The Labute approximate surface area is 151 Å². The maximum absolute atomic E-state index is 12.8. The number of carbonyl (C=O) groups is 1. The Morgan fingerprint density at radius 1 is 0.962 bits per heavy atom. The summed E-state index contributed by atoms with van der Waals surface area (Å²) in [7, 11) is 0. The average molecular weight is 352 g/mol. The van der Waals surface area contributed by atoms with E-state index in [-0.39, 0.29) is 11.8 Å². The highest BCUT2D eigenvalue weighted by Gasteiger charge is 2.02. The molecule has 134 valence electrons. The second-order valence-corrected chi connectivity index (χ2v) is 6.01.